The van der Waals surface area contributed by atoms with Crippen molar-refractivity contribution in [2.75, 3.05) is 5.75 Å². The van der Waals surface area contributed by atoms with Gasteiger partial charge in [0.2, 0.25) is 5.78 Å². The molecule has 0 aliphatic carbocycles. The van der Waals surface area contributed by atoms with Crippen LogP contribution in [0.15, 0.2) is 40.1 Å². The van der Waals surface area contributed by atoms with Crippen molar-refractivity contribution >= 4 is 17.5 Å². The quantitative estimate of drug-likeness (QED) is 0.586. The minimum absolute atomic E-state index is 0.00569. The Hall–Kier alpha value is -1.49. The van der Waals surface area contributed by atoms with Crippen LogP contribution in [0.5, 0.6) is 0 Å². The smallest absolute Gasteiger partial charge is 0.208 e. The van der Waals surface area contributed by atoms with E-state index in [-0.39, 0.29) is 5.78 Å². The molecule has 0 radical (unpaired) electrons. The van der Waals surface area contributed by atoms with Gasteiger partial charge in [0.05, 0.1) is 18.2 Å². The SMILES string of the molecule is Cn1cc(SCC(=O)c2ccco2)cn1. The fourth-order valence-electron chi connectivity index (χ4n) is 1.13. The third kappa shape index (κ3) is 2.50. The predicted molar refractivity (Wildman–Crippen MR) is 57.0 cm³/mol. The fraction of sp³-hybridized carbons (Fsp3) is 0.200. The molecule has 0 atom stereocenters. The van der Waals surface area contributed by atoms with E-state index in [1.807, 2.05) is 13.2 Å². The van der Waals surface area contributed by atoms with E-state index in [1.165, 1.54) is 18.0 Å². The number of Topliss-reactive ketones (excluding diaryl/α,β-unsaturated/α-hetero) is 1. The highest BCUT2D eigenvalue weighted by Crippen LogP contribution is 2.18. The highest BCUT2D eigenvalue weighted by atomic mass is 32.2. The van der Waals surface area contributed by atoms with E-state index in [4.69, 9.17) is 4.42 Å². The molecule has 0 spiro atoms. The Balaban J connectivity index is 1.91. The van der Waals surface area contributed by atoms with E-state index in [0.29, 0.717) is 11.5 Å². The molecule has 0 saturated carbocycles. The maximum atomic E-state index is 11.5. The summed E-state index contributed by atoms with van der Waals surface area (Å²) in [5.41, 5.74) is 0. The van der Waals surface area contributed by atoms with Gasteiger partial charge in [-0.3, -0.25) is 9.48 Å². The second kappa shape index (κ2) is 4.35. The molecule has 0 amide bonds. The Morgan fingerprint density at radius 2 is 2.53 bits per heavy atom. The van der Waals surface area contributed by atoms with E-state index >= 15 is 0 Å². The van der Waals surface area contributed by atoms with Crippen molar-refractivity contribution in [3.8, 4) is 0 Å². The highest BCUT2D eigenvalue weighted by molar-refractivity contribution is 8.00. The lowest BCUT2D eigenvalue weighted by molar-refractivity contribution is 0.0992. The summed E-state index contributed by atoms with van der Waals surface area (Å²) in [7, 11) is 1.85. The van der Waals surface area contributed by atoms with Crippen LogP contribution in [0.25, 0.3) is 0 Å². The molecule has 0 unspecified atom stereocenters. The van der Waals surface area contributed by atoms with Crippen LogP contribution < -0.4 is 0 Å². The van der Waals surface area contributed by atoms with Crippen LogP contribution in [0.1, 0.15) is 10.6 Å². The monoisotopic (exact) mass is 222 g/mol. The van der Waals surface area contributed by atoms with Crippen LogP contribution in [0.2, 0.25) is 0 Å². The van der Waals surface area contributed by atoms with E-state index in [1.54, 1.807) is 23.0 Å². The number of furan rings is 1. The summed E-state index contributed by atoms with van der Waals surface area (Å²) < 4.78 is 6.71. The number of aryl methyl sites for hydroxylation is 1. The van der Waals surface area contributed by atoms with Gasteiger partial charge >= 0.3 is 0 Å². The Kier molecular flexibility index (Phi) is 2.91. The molecule has 0 saturated heterocycles. The Labute approximate surface area is 91.3 Å². The number of thioether (sulfide) groups is 1. The van der Waals surface area contributed by atoms with Crippen molar-refractivity contribution in [1.29, 1.82) is 0 Å². The van der Waals surface area contributed by atoms with Crippen LogP contribution in [0, 0.1) is 0 Å². The van der Waals surface area contributed by atoms with Crippen LogP contribution in [0.3, 0.4) is 0 Å². The van der Waals surface area contributed by atoms with Crippen molar-refractivity contribution in [2.24, 2.45) is 7.05 Å². The zero-order valence-corrected chi connectivity index (χ0v) is 9.03. The molecule has 0 aliphatic rings. The topological polar surface area (TPSA) is 48.0 Å². The van der Waals surface area contributed by atoms with E-state index in [2.05, 4.69) is 5.10 Å². The molecule has 0 aliphatic heterocycles. The first-order chi connectivity index (χ1) is 7.25. The zero-order valence-electron chi connectivity index (χ0n) is 8.21. The number of carbonyl (C=O) groups is 1. The van der Waals surface area contributed by atoms with Crippen LogP contribution >= 0.6 is 11.8 Å². The predicted octanol–water partition coefficient (Wildman–Crippen LogP) is 1.99. The molecule has 2 aromatic rings. The first-order valence-electron chi connectivity index (χ1n) is 4.44. The van der Waals surface area contributed by atoms with E-state index < -0.39 is 0 Å². The van der Waals surface area contributed by atoms with Gasteiger partial charge < -0.3 is 4.42 Å². The second-order valence-electron chi connectivity index (χ2n) is 3.04. The lowest BCUT2D eigenvalue weighted by Gasteiger charge is -1.94. The number of hydrogen-bond acceptors (Lipinski definition) is 4. The number of carbonyl (C=O) groups excluding carboxylic acids is 1. The number of rotatable bonds is 4. The molecule has 2 aromatic heterocycles. The summed E-state index contributed by atoms with van der Waals surface area (Å²) in [6, 6.07) is 3.38. The van der Waals surface area contributed by atoms with Gasteiger partial charge in [-0.1, -0.05) is 0 Å². The second-order valence-corrected chi connectivity index (χ2v) is 4.09. The molecule has 0 N–H and O–H groups in total. The minimum Gasteiger partial charge on any atom is -0.461 e. The summed E-state index contributed by atoms with van der Waals surface area (Å²) in [5, 5.41) is 4.02. The van der Waals surface area contributed by atoms with Gasteiger partial charge in [-0.2, -0.15) is 5.10 Å². The molecule has 2 rings (SSSR count). The number of aromatic nitrogens is 2. The van der Waals surface area contributed by atoms with Crippen LogP contribution in [-0.2, 0) is 7.05 Å². The van der Waals surface area contributed by atoms with Gasteiger partial charge in [-0.15, -0.1) is 11.8 Å². The van der Waals surface area contributed by atoms with E-state index in [0.717, 1.165) is 4.90 Å². The zero-order chi connectivity index (χ0) is 10.7. The molecule has 0 bridgehead atoms. The minimum atomic E-state index is -0.00569. The number of hydrogen-bond donors (Lipinski definition) is 0. The average Bonchev–Trinajstić information content (AvgIpc) is 2.84. The van der Waals surface area contributed by atoms with Crippen molar-refractivity contribution in [3.63, 3.8) is 0 Å². The maximum Gasteiger partial charge on any atom is 0.208 e. The van der Waals surface area contributed by atoms with Gasteiger partial charge in [0.1, 0.15) is 0 Å². The summed E-state index contributed by atoms with van der Waals surface area (Å²) in [6.07, 6.45) is 5.11. The summed E-state index contributed by atoms with van der Waals surface area (Å²) in [6.45, 7) is 0. The molecule has 78 valence electrons. The molecule has 15 heavy (non-hydrogen) atoms. The fourth-order valence-corrected chi connectivity index (χ4v) is 1.92. The molecular formula is C10H10N2O2S. The van der Waals surface area contributed by atoms with Gasteiger partial charge in [-0.25, -0.2) is 0 Å². The molecule has 2 heterocycles. The largest absolute Gasteiger partial charge is 0.461 e. The van der Waals surface area contributed by atoms with Crippen molar-refractivity contribution in [2.45, 2.75) is 4.90 Å². The summed E-state index contributed by atoms with van der Waals surface area (Å²) in [5.74, 6) is 0.777. The average molecular weight is 222 g/mol. The standard InChI is InChI=1S/C10H10N2O2S/c1-12-6-8(5-11-12)15-7-9(13)10-3-2-4-14-10/h2-6H,7H2,1H3. The molecule has 0 fully saturated rings. The van der Waals surface area contributed by atoms with Crippen molar-refractivity contribution in [3.05, 3.63) is 36.5 Å². The third-order valence-corrected chi connectivity index (χ3v) is 2.80. The van der Waals surface area contributed by atoms with Crippen molar-refractivity contribution in [1.82, 2.24) is 9.78 Å². The lowest BCUT2D eigenvalue weighted by atomic mass is 10.3. The Bertz CT molecular complexity index is 448. The lowest BCUT2D eigenvalue weighted by Crippen LogP contribution is -1.99. The van der Waals surface area contributed by atoms with Gasteiger partial charge in [0.25, 0.3) is 0 Å². The first kappa shape index (κ1) is 10.0. The van der Waals surface area contributed by atoms with E-state index in [9.17, 15) is 4.79 Å². The van der Waals surface area contributed by atoms with Gasteiger partial charge in [-0.05, 0) is 12.1 Å². The molecule has 5 heteroatoms. The Morgan fingerprint density at radius 1 is 1.67 bits per heavy atom. The van der Waals surface area contributed by atoms with Crippen LogP contribution in [0.4, 0.5) is 0 Å². The molecular weight excluding hydrogens is 212 g/mol. The maximum absolute atomic E-state index is 11.5. The highest BCUT2D eigenvalue weighted by Gasteiger charge is 2.09. The molecule has 0 aromatic carbocycles. The normalized spacial score (nSPS) is 10.5. The summed E-state index contributed by atoms with van der Waals surface area (Å²) >= 11 is 1.45. The van der Waals surface area contributed by atoms with Crippen molar-refractivity contribution < 1.29 is 9.21 Å². The first-order valence-corrected chi connectivity index (χ1v) is 5.42. The summed E-state index contributed by atoms with van der Waals surface area (Å²) in [4.78, 5) is 12.5. The number of nitrogens with zero attached hydrogens (tertiary/aromatic N) is 2. The number of ketones is 1. The van der Waals surface area contributed by atoms with Gasteiger partial charge in [0, 0.05) is 18.1 Å². The van der Waals surface area contributed by atoms with Gasteiger partial charge in [0.15, 0.2) is 5.76 Å². The molecule has 4 nitrogen and oxygen atoms in total. The van der Waals surface area contributed by atoms with Crippen LogP contribution in [-0.4, -0.2) is 21.3 Å². The third-order valence-electron chi connectivity index (χ3n) is 1.85. The Morgan fingerprint density at radius 3 is 3.13 bits per heavy atom.